The summed E-state index contributed by atoms with van der Waals surface area (Å²) in [6.45, 7) is 0. The van der Waals surface area contributed by atoms with Crippen LogP contribution in [0.3, 0.4) is 0 Å². The average Bonchev–Trinajstić information content (AvgIpc) is 2.29. The minimum atomic E-state index is -1.75. The summed E-state index contributed by atoms with van der Waals surface area (Å²) in [4.78, 5) is 10.5. The van der Waals surface area contributed by atoms with Crippen LogP contribution in [0.4, 0.5) is 4.39 Å². The topological polar surface area (TPSA) is 37.3 Å². The van der Waals surface area contributed by atoms with Gasteiger partial charge in [0.25, 0.3) is 0 Å². The molecule has 0 spiro atoms. The van der Waals surface area contributed by atoms with Crippen molar-refractivity contribution in [2.45, 2.75) is 18.5 Å². The van der Waals surface area contributed by atoms with Gasteiger partial charge in [-0.15, -0.1) is 0 Å². The summed E-state index contributed by atoms with van der Waals surface area (Å²) in [5.41, 5.74) is 0.204. The second-order valence-corrected chi connectivity index (χ2v) is 4.17. The second-order valence-electron chi connectivity index (χ2n) is 4.17. The number of benzene rings is 1. The van der Waals surface area contributed by atoms with Gasteiger partial charge in [0.1, 0.15) is 5.67 Å². The molecule has 3 heteroatoms. The molecule has 1 unspecified atom stereocenters. The fourth-order valence-corrected chi connectivity index (χ4v) is 1.88. The van der Waals surface area contributed by atoms with Gasteiger partial charge >= 0.3 is 5.97 Å². The third-order valence-corrected chi connectivity index (χ3v) is 2.78. The van der Waals surface area contributed by atoms with Crippen molar-refractivity contribution < 1.29 is 14.3 Å². The summed E-state index contributed by atoms with van der Waals surface area (Å²) in [6, 6.07) is 9.63. The molecule has 0 amide bonds. The van der Waals surface area contributed by atoms with Crippen LogP contribution in [0.2, 0.25) is 0 Å². The lowest BCUT2D eigenvalue weighted by molar-refractivity contribution is -0.139. The monoisotopic (exact) mass is 232 g/mol. The molecule has 1 aliphatic rings. The van der Waals surface area contributed by atoms with Crippen LogP contribution in [0.1, 0.15) is 18.4 Å². The van der Waals surface area contributed by atoms with Gasteiger partial charge in [-0.3, -0.25) is 4.79 Å². The Hall–Kier alpha value is -1.90. The average molecular weight is 232 g/mol. The zero-order chi connectivity index (χ0) is 12.3. The Balaban J connectivity index is 2.14. The van der Waals surface area contributed by atoms with Crippen molar-refractivity contribution in [3.63, 3.8) is 0 Å². The molecule has 0 saturated heterocycles. The summed E-state index contributed by atoms with van der Waals surface area (Å²) in [6.07, 6.45) is 4.38. The number of carboxylic acid groups (broad SMARTS) is 1. The van der Waals surface area contributed by atoms with E-state index in [1.807, 2.05) is 30.3 Å². The predicted molar refractivity (Wildman–Crippen MR) is 64.3 cm³/mol. The Morgan fingerprint density at radius 3 is 2.59 bits per heavy atom. The Morgan fingerprint density at radius 1 is 1.35 bits per heavy atom. The van der Waals surface area contributed by atoms with Crippen LogP contribution >= 0.6 is 0 Å². The van der Waals surface area contributed by atoms with Gasteiger partial charge in [-0.25, -0.2) is 4.39 Å². The molecule has 0 bridgehead atoms. The maximum Gasteiger partial charge on any atom is 0.306 e. The molecular formula is C14H13FO2. The van der Waals surface area contributed by atoms with Crippen molar-refractivity contribution in [1.82, 2.24) is 0 Å². The number of aliphatic carboxylic acids is 1. The summed E-state index contributed by atoms with van der Waals surface area (Å²) in [5.74, 6) is -1.12. The van der Waals surface area contributed by atoms with Crippen LogP contribution in [0.15, 0.2) is 48.6 Å². The van der Waals surface area contributed by atoms with E-state index in [9.17, 15) is 9.18 Å². The minimum Gasteiger partial charge on any atom is -0.481 e. The van der Waals surface area contributed by atoms with E-state index in [1.54, 1.807) is 12.2 Å². The molecule has 0 heterocycles. The van der Waals surface area contributed by atoms with Crippen LogP contribution < -0.4 is 0 Å². The fourth-order valence-electron chi connectivity index (χ4n) is 1.88. The smallest absolute Gasteiger partial charge is 0.306 e. The molecule has 0 radical (unpaired) electrons. The highest BCUT2D eigenvalue weighted by Gasteiger charge is 2.30. The fraction of sp³-hybridized carbons (Fsp3) is 0.214. The number of hydrogen-bond donors (Lipinski definition) is 1. The van der Waals surface area contributed by atoms with Crippen molar-refractivity contribution in [2.24, 2.45) is 0 Å². The van der Waals surface area contributed by atoms with Gasteiger partial charge in [0, 0.05) is 6.42 Å². The van der Waals surface area contributed by atoms with E-state index in [2.05, 4.69) is 0 Å². The first-order valence-electron chi connectivity index (χ1n) is 5.45. The molecule has 2 nitrogen and oxygen atoms in total. The van der Waals surface area contributed by atoms with Crippen molar-refractivity contribution in [3.8, 4) is 0 Å². The lowest BCUT2D eigenvalue weighted by atomic mass is 9.89. The number of rotatable bonds is 3. The molecule has 0 aromatic heterocycles. The zero-order valence-electron chi connectivity index (χ0n) is 9.27. The van der Waals surface area contributed by atoms with E-state index < -0.39 is 18.1 Å². The van der Waals surface area contributed by atoms with Crippen molar-refractivity contribution in [2.75, 3.05) is 0 Å². The molecule has 1 aromatic carbocycles. The van der Waals surface area contributed by atoms with Crippen LogP contribution in [0.25, 0.3) is 5.57 Å². The number of carboxylic acids is 1. The lowest BCUT2D eigenvalue weighted by Crippen LogP contribution is -2.24. The first kappa shape index (κ1) is 11.6. The van der Waals surface area contributed by atoms with Crippen molar-refractivity contribution in [3.05, 3.63) is 54.1 Å². The maximum absolute atomic E-state index is 14.0. The molecule has 1 aliphatic carbocycles. The van der Waals surface area contributed by atoms with E-state index in [-0.39, 0.29) is 6.42 Å². The molecular weight excluding hydrogens is 219 g/mol. The zero-order valence-corrected chi connectivity index (χ0v) is 9.27. The molecule has 0 aliphatic heterocycles. The van der Waals surface area contributed by atoms with E-state index in [0.717, 1.165) is 11.1 Å². The van der Waals surface area contributed by atoms with Gasteiger partial charge in [0.15, 0.2) is 0 Å². The Kier molecular flexibility index (Phi) is 3.09. The molecule has 1 N–H and O–H groups in total. The molecule has 2 rings (SSSR count). The third kappa shape index (κ3) is 2.81. The second kappa shape index (κ2) is 4.53. The first-order valence-corrected chi connectivity index (χ1v) is 5.45. The van der Waals surface area contributed by atoms with Crippen molar-refractivity contribution >= 4 is 11.5 Å². The maximum atomic E-state index is 14.0. The largest absolute Gasteiger partial charge is 0.481 e. The number of alkyl halides is 1. The van der Waals surface area contributed by atoms with Gasteiger partial charge in [-0.2, -0.15) is 0 Å². The van der Waals surface area contributed by atoms with Crippen LogP contribution in [-0.4, -0.2) is 16.7 Å². The number of halogens is 1. The molecule has 88 valence electrons. The standard InChI is InChI=1S/C14H13FO2/c15-14(10-13(16)17)8-6-12(7-9-14)11-4-2-1-3-5-11/h1-8H,9-10H2,(H,16,17). The lowest BCUT2D eigenvalue weighted by Gasteiger charge is -2.22. The number of hydrogen-bond acceptors (Lipinski definition) is 1. The van der Waals surface area contributed by atoms with E-state index in [1.165, 1.54) is 6.08 Å². The highest BCUT2D eigenvalue weighted by molar-refractivity contribution is 5.76. The van der Waals surface area contributed by atoms with Crippen LogP contribution in [0, 0.1) is 0 Å². The van der Waals surface area contributed by atoms with E-state index in [0.29, 0.717) is 0 Å². The minimum absolute atomic E-state index is 0.111. The molecule has 1 aromatic rings. The van der Waals surface area contributed by atoms with Crippen LogP contribution in [0.5, 0.6) is 0 Å². The Morgan fingerprint density at radius 2 is 2.06 bits per heavy atom. The van der Waals surface area contributed by atoms with E-state index >= 15 is 0 Å². The summed E-state index contributed by atoms with van der Waals surface area (Å²) in [5, 5.41) is 8.62. The summed E-state index contributed by atoms with van der Waals surface area (Å²) in [7, 11) is 0. The molecule has 0 fully saturated rings. The highest BCUT2D eigenvalue weighted by atomic mass is 19.1. The highest BCUT2D eigenvalue weighted by Crippen LogP contribution is 2.31. The SMILES string of the molecule is O=C(O)CC1(F)C=CC(c2ccccc2)=CC1. The van der Waals surface area contributed by atoms with Gasteiger partial charge in [-0.05, 0) is 17.2 Å². The third-order valence-electron chi connectivity index (χ3n) is 2.78. The normalized spacial score (nSPS) is 23.2. The molecule has 17 heavy (non-hydrogen) atoms. The van der Waals surface area contributed by atoms with E-state index in [4.69, 9.17) is 5.11 Å². The molecule has 1 atom stereocenters. The first-order chi connectivity index (χ1) is 8.09. The molecule has 0 saturated carbocycles. The summed E-state index contributed by atoms with van der Waals surface area (Å²) < 4.78 is 14.0. The van der Waals surface area contributed by atoms with Gasteiger partial charge in [0.05, 0.1) is 6.42 Å². The quantitative estimate of drug-likeness (QED) is 0.868. The Bertz CT molecular complexity index is 476. The van der Waals surface area contributed by atoms with Gasteiger partial charge < -0.3 is 5.11 Å². The number of allylic oxidation sites excluding steroid dienone is 4. The predicted octanol–water partition coefficient (Wildman–Crippen LogP) is 3.21. The number of carbonyl (C=O) groups is 1. The van der Waals surface area contributed by atoms with Crippen LogP contribution in [-0.2, 0) is 4.79 Å². The van der Waals surface area contributed by atoms with Crippen molar-refractivity contribution in [1.29, 1.82) is 0 Å². The van der Waals surface area contributed by atoms with Gasteiger partial charge in [-0.1, -0.05) is 42.5 Å². The Labute approximate surface area is 99.1 Å². The summed E-state index contributed by atoms with van der Waals surface area (Å²) >= 11 is 0. The van der Waals surface area contributed by atoms with Gasteiger partial charge in [0.2, 0.25) is 0 Å².